The molecule has 154 valence electrons. The van der Waals surface area contributed by atoms with Crippen LogP contribution in [0.3, 0.4) is 0 Å². The van der Waals surface area contributed by atoms with Crippen molar-refractivity contribution in [1.82, 2.24) is 0 Å². The molecule has 0 amide bonds. The van der Waals surface area contributed by atoms with Crippen LogP contribution in [-0.2, 0) is 38.1 Å². The van der Waals surface area contributed by atoms with Crippen LogP contribution in [0, 0.1) is 5.41 Å². The largest absolute Gasteiger partial charge is 0.463 e. The lowest BCUT2D eigenvalue weighted by molar-refractivity contribution is -0.275. The number of hydrogen-bond acceptors (Lipinski definition) is 9. The van der Waals surface area contributed by atoms with Gasteiger partial charge in [-0.1, -0.05) is 34.8 Å². The molecule has 0 aromatic carbocycles. The molecule has 1 rings (SSSR count). The Morgan fingerprint density at radius 3 is 1.96 bits per heavy atom. The second-order valence-electron chi connectivity index (χ2n) is 5.38. The molecule has 0 aromatic rings. The van der Waals surface area contributed by atoms with Crippen molar-refractivity contribution in [3.8, 4) is 0 Å². The standard InChI is InChI=1S/C14H17Cl3FNO8/c1-5(20)23-4-8-10(24-6(2)21)11(25-7(3)22)9(18)12(26-8)27-13(19)14(15,16)17/h8-12,19H,4H2,1-3H3/t8-,9-,10-,11-,12?/m1/s1. The molecule has 13 heteroatoms. The van der Waals surface area contributed by atoms with Crippen LogP contribution in [0.25, 0.3) is 0 Å². The molecule has 1 aliphatic rings. The van der Waals surface area contributed by atoms with Crippen LogP contribution in [0.4, 0.5) is 4.39 Å². The van der Waals surface area contributed by atoms with Crippen molar-refractivity contribution >= 4 is 58.6 Å². The molecule has 0 bridgehead atoms. The smallest absolute Gasteiger partial charge is 0.303 e. The summed E-state index contributed by atoms with van der Waals surface area (Å²) < 4.78 is 37.4. The van der Waals surface area contributed by atoms with E-state index in [0.29, 0.717) is 0 Å². The van der Waals surface area contributed by atoms with Gasteiger partial charge in [-0.15, -0.1) is 0 Å². The third-order valence-electron chi connectivity index (χ3n) is 3.12. The van der Waals surface area contributed by atoms with E-state index in [0.717, 1.165) is 20.8 Å². The molecule has 0 aliphatic carbocycles. The molecule has 1 N–H and O–H groups in total. The van der Waals surface area contributed by atoms with Crippen molar-refractivity contribution < 1.29 is 42.5 Å². The first kappa shape index (κ1) is 23.7. The molecule has 1 heterocycles. The summed E-state index contributed by atoms with van der Waals surface area (Å²) >= 11 is 16.5. The van der Waals surface area contributed by atoms with Gasteiger partial charge in [0.1, 0.15) is 12.7 Å². The van der Waals surface area contributed by atoms with Crippen LogP contribution in [0.5, 0.6) is 0 Å². The Bertz CT molecular complexity index is 599. The van der Waals surface area contributed by atoms with Crippen molar-refractivity contribution in [2.45, 2.75) is 55.3 Å². The van der Waals surface area contributed by atoms with Crippen LogP contribution >= 0.6 is 34.8 Å². The Labute approximate surface area is 168 Å². The number of nitrogens with one attached hydrogen (secondary N) is 1. The Morgan fingerprint density at radius 2 is 1.52 bits per heavy atom. The number of alkyl halides is 4. The third-order valence-corrected chi connectivity index (χ3v) is 3.63. The molecular weight excluding hydrogens is 436 g/mol. The number of halogens is 4. The van der Waals surface area contributed by atoms with Gasteiger partial charge in [-0.2, -0.15) is 0 Å². The molecule has 0 saturated carbocycles. The van der Waals surface area contributed by atoms with Gasteiger partial charge in [0, 0.05) is 20.8 Å². The zero-order valence-corrected chi connectivity index (χ0v) is 16.6. The van der Waals surface area contributed by atoms with Crippen LogP contribution in [0.2, 0.25) is 0 Å². The zero-order chi connectivity index (χ0) is 20.9. The van der Waals surface area contributed by atoms with Gasteiger partial charge in [-0.05, 0) is 0 Å². The Kier molecular flexibility index (Phi) is 8.52. The first-order chi connectivity index (χ1) is 12.3. The number of carbonyl (C=O) groups is 3. The topological polar surface area (TPSA) is 121 Å². The minimum absolute atomic E-state index is 0.487. The van der Waals surface area contributed by atoms with Crippen LogP contribution < -0.4 is 0 Å². The molecule has 9 nitrogen and oxygen atoms in total. The molecule has 0 spiro atoms. The summed E-state index contributed by atoms with van der Waals surface area (Å²) in [7, 11) is 0. The average Bonchev–Trinajstić information content (AvgIpc) is 2.50. The predicted octanol–water partition coefficient (Wildman–Crippen LogP) is 1.84. The van der Waals surface area contributed by atoms with Crippen LogP contribution in [0.1, 0.15) is 20.8 Å². The first-order valence-corrected chi connectivity index (χ1v) is 8.56. The summed E-state index contributed by atoms with van der Waals surface area (Å²) in [5.41, 5.74) is 0. The monoisotopic (exact) mass is 451 g/mol. The highest BCUT2D eigenvalue weighted by Gasteiger charge is 2.53. The normalized spacial score (nSPS) is 28.0. The van der Waals surface area contributed by atoms with Gasteiger partial charge in [-0.25, -0.2) is 4.39 Å². The molecule has 27 heavy (non-hydrogen) atoms. The highest BCUT2D eigenvalue weighted by atomic mass is 35.6. The van der Waals surface area contributed by atoms with Gasteiger partial charge in [0.2, 0.25) is 18.4 Å². The minimum atomic E-state index is -2.31. The van der Waals surface area contributed by atoms with Crippen molar-refractivity contribution in [3.05, 3.63) is 0 Å². The van der Waals surface area contributed by atoms with E-state index in [1.54, 1.807) is 0 Å². The van der Waals surface area contributed by atoms with Crippen molar-refractivity contribution in [3.63, 3.8) is 0 Å². The molecular formula is C14H17Cl3FNO8. The van der Waals surface area contributed by atoms with Crippen molar-refractivity contribution in [2.24, 2.45) is 0 Å². The van der Waals surface area contributed by atoms with Crippen LogP contribution in [0.15, 0.2) is 0 Å². The third kappa shape index (κ3) is 7.28. The molecule has 1 fully saturated rings. The van der Waals surface area contributed by atoms with Gasteiger partial charge in [0.25, 0.3) is 3.79 Å². The number of ether oxygens (including phenoxy) is 5. The number of rotatable bonds is 5. The molecule has 0 radical (unpaired) electrons. The average molecular weight is 453 g/mol. The van der Waals surface area contributed by atoms with E-state index in [1.165, 1.54) is 0 Å². The maximum Gasteiger partial charge on any atom is 0.303 e. The highest BCUT2D eigenvalue weighted by molar-refractivity contribution is 6.76. The molecule has 0 aromatic heterocycles. The van der Waals surface area contributed by atoms with Crippen LogP contribution in [-0.4, -0.2) is 65.0 Å². The van der Waals surface area contributed by atoms with Gasteiger partial charge < -0.3 is 23.7 Å². The number of esters is 3. The fourth-order valence-electron chi connectivity index (χ4n) is 2.14. The summed E-state index contributed by atoms with van der Waals surface area (Å²) in [6.45, 7) is 2.67. The summed E-state index contributed by atoms with van der Waals surface area (Å²) in [5.74, 6) is -3.37. The number of carbonyl (C=O) groups excluding carboxylic acids is 3. The molecule has 1 saturated heterocycles. The maximum absolute atomic E-state index is 14.8. The Balaban J connectivity index is 3.14. The SMILES string of the molecule is CC(=O)OC[C@H]1OC(OC(=N)C(Cl)(Cl)Cl)[C@H](F)[C@@H](OC(C)=O)[C@@H]1OC(C)=O. The van der Waals surface area contributed by atoms with Gasteiger partial charge >= 0.3 is 17.9 Å². The highest BCUT2D eigenvalue weighted by Crippen LogP contribution is 2.33. The molecule has 5 atom stereocenters. The lowest BCUT2D eigenvalue weighted by Gasteiger charge is -2.41. The Hall–Kier alpha value is -1.36. The van der Waals surface area contributed by atoms with Gasteiger partial charge in [0.05, 0.1) is 0 Å². The summed E-state index contributed by atoms with van der Waals surface area (Å²) in [6, 6.07) is 0. The van der Waals surface area contributed by atoms with E-state index < -0.39 is 65.0 Å². The zero-order valence-electron chi connectivity index (χ0n) is 14.4. The van der Waals surface area contributed by atoms with Crippen molar-refractivity contribution in [1.29, 1.82) is 5.41 Å². The molecule has 1 unspecified atom stereocenters. The van der Waals surface area contributed by atoms with E-state index in [1.807, 2.05) is 0 Å². The second kappa shape index (κ2) is 9.72. The van der Waals surface area contributed by atoms with Crippen molar-refractivity contribution in [2.75, 3.05) is 6.61 Å². The van der Waals surface area contributed by atoms with Gasteiger partial charge in [-0.3, -0.25) is 19.8 Å². The summed E-state index contributed by atoms with van der Waals surface area (Å²) in [6.07, 6.45) is -8.52. The fourth-order valence-corrected chi connectivity index (χ4v) is 2.27. The number of hydrogen-bond donors (Lipinski definition) is 1. The minimum Gasteiger partial charge on any atom is -0.463 e. The van der Waals surface area contributed by atoms with E-state index >= 15 is 0 Å². The summed E-state index contributed by atoms with van der Waals surface area (Å²) in [5, 5.41) is 7.53. The predicted molar refractivity (Wildman–Crippen MR) is 90.4 cm³/mol. The Morgan fingerprint density at radius 1 is 1.00 bits per heavy atom. The van der Waals surface area contributed by atoms with E-state index in [9.17, 15) is 18.8 Å². The van der Waals surface area contributed by atoms with E-state index in [-0.39, 0.29) is 0 Å². The fraction of sp³-hybridized carbons (Fsp3) is 0.714. The van der Waals surface area contributed by atoms with Gasteiger partial charge in [0.15, 0.2) is 12.2 Å². The second-order valence-corrected chi connectivity index (χ2v) is 7.66. The lowest BCUT2D eigenvalue weighted by Crippen LogP contribution is -2.61. The maximum atomic E-state index is 14.8. The quantitative estimate of drug-likeness (QED) is 0.220. The van der Waals surface area contributed by atoms with E-state index in [2.05, 4.69) is 0 Å². The lowest BCUT2D eigenvalue weighted by atomic mass is 9.99. The first-order valence-electron chi connectivity index (χ1n) is 7.42. The summed E-state index contributed by atoms with van der Waals surface area (Å²) in [4.78, 5) is 33.8. The molecule has 1 aliphatic heterocycles. The van der Waals surface area contributed by atoms with E-state index in [4.69, 9.17) is 63.9 Å².